The minimum Gasteiger partial charge on any atom is -0.271 e. The molecule has 2 rings (SSSR count). The Morgan fingerprint density at radius 3 is 2.24 bits per heavy atom. The van der Waals surface area contributed by atoms with Gasteiger partial charge in [0.15, 0.2) is 0 Å². The third-order valence-electron chi connectivity index (χ3n) is 3.87. The maximum absolute atomic E-state index is 13.7. The zero-order valence-electron chi connectivity index (χ0n) is 16.6. The van der Waals surface area contributed by atoms with Gasteiger partial charge in [0.25, 0.3) is 15.9 Å². The second-order valence-corrected chi connectivity index (χ2v) is 8.97. The summed E-state index contributed by atoms with van der Waals surface area (Å²) in [7, 11) is -2.79. The highest BCUT2D eigenvalue weighted by Gasteiger charge is 2.25. The molecule has 0 saturated carbocycles. The third-order valence-corrected chi connectivity index (χ3v) is 6.13. The van der Waals surface area contributed by atoms with Gasteiger partial charge in [0.05, 0.1) is 15.5 Å². The molecular weight excluding hydrogens is 438 g/mol. The lowest BCUT2D eigenvalue weighted by molar-refractivity contribution is 0.0889. The van der Waals surface area contributed by atoms with Crippen molar-refractivity contribution in [2.45, 2.75) is 38.0 Å². The summed E-state index contributed by atoms with van der Waals surface area (Å²) in [5.41, 5.74) is 2.59. The first-order valence-electron chi connectivity index (χ1n) is 9.01. The lowest BCUT2D eigenvalue weighted by Crippen LogP contribution is -2.43. The summed E-state index contributed by atoms with van der Waals surface area (Å²) in [6.07, 6.45) is 3.73. The predicted molar refractivity (Wildman–Crippen MR) is 115 cm³/mol. The van der Waals surface area contributed by atoms with Gasteiger partial charge in [-0.3, -0.25) is 10.2 Å². The van der Waals surface area contributed by atoms with Gasteiger partial charge in [0.1, 0.15) is 5.82 Å². The van der Waals surface area contributed by atoms with Crippen molar-refractivity contribution in [2.24, 2.45) is 0 Å². The molecule has 0 radical (unpaired) electrons. The van der Waals surface area contributed by atoms with Crippen LogP contribution in [0.1, 0.15) is 42.1 Å². The molecule has 1 N–H and O–H groups in total. The Balaban J connectivity index is 0.000000612. The summed E-state index contributed by atoms with van der Waals surface area (Å²) in [4.78, 5) is 12.1. The van der Waals surface area contributed by atoms with Gasteiger partial charge in [-0.05, 0) is 37.6 Å². The first-order chi connectivity index (χ1) is 13.6. The lowest BCUT2D eigenvalue weighted by atomic mass is 10.2. The fourth-order valence-corrected chi connectivity index (χ4v) is 3.62. The van der Waals surface area contributed by atoms with E-state index in [2.05, 4.69) is 12.3 Å². The molecular formula is C20H25Cl2FN2O3S. The molecule has 0 aromatic heterocycles. The molecule has 0 aliphatic heterocycles. The van der Waals surface area contributed by atoms with Crippen LogP contribution >= 0.6 is 23.2 Å². The maximum atomic E-state index is 13.7. The van der Waals surface area contributed by atoms with Gasteiger partial charge in [0.2, 0.25) is 0 Å². The molecule has 2 aromatic rings. The molecule has 0 fully saturated rings. The van der Waals surface area contributed by atoms with Crippen molar-refractivity contribution in [1.29, 1.82) is 0 Å². The van der Waals surface area contributed by atoms with E-state index < -0.39 is 27.3 Å². The average molecular weight is 463 g/mol. The molecule has 0 unspecified atom stereocenters. The smallest absolute Gasteiger partial charge is 0.270 e. The zero-order chi connectivity index (χ0) is 22.0. The number of unbranched alkanes of at least 4 members (excludes halogenated alkanes) is 2. The number of benzene rings is 2. The number of sulfonamides is 1. The molecule has 9 heteroatoms. The number of hydrazine groups is 1. The Morgan fingerprint density at radius 1 is 1.14 bits per heavy atom. The van der Waals surface area contributed by atoms with E-state index in [0.717, 1.165) is 24.6 Å². The van der Waals surface area contributed by atoms with Crippen LogP contribution in [0, 0.1) is 12.7 Å². The highest BCUT2D eigenvalue weighted by Crippen LogP contribution is 2.19. The fourth-order valence-electron chi connectivity index (χ4n) is 2.19. The number of rotatable bonds is 7. The van der Waals surface area contributed by atoms with E-state index in [1.165, 1.54) is 43.5 Å². The van der Waals surface area contributed by atoms with Crippen LogP contribution in [0.15, 0.2) is 47.4 Å². The summed E-state index contributed by atoms with van der Waals surface area (Å²) in [6, 6.07) is 9.86. The van der Waals surface area contributed by atoms with Crippen molar-refractivity contribution in [3.05, 3.63) is 64.4 Å². The Kier molecular flexibility index (Phi) is 10.6. The predicted octanol–water partition coefficient (Wildman–Crippen LogP) is 5.17. The summed E-state index contributed by atoms with van der Waals surface area (Å²) in [6.45, 7) is 3.99. The first-order valence-corrected chi connectivity index (χ1v) is 11.4. The quantitative estimate of drug-likeness (QED) is 0.350. The molecule has 29 heavy (non-hydrogen) atoms. The molecule has 0 aliphatic rings. The topological polar surface area (TPSA) is 66.5 Å². The highest BCUT2D eigenvalue weighted by molar-refractivity contribution is 7.89. The van der Waals surface area contributed by atoms with E-state index in [0.29, 0.717) is 4.41 Å². The van der Waals surface area contributed by atoms with Crippen LogP contribution in [-0.4, -0.2) is 31.7 Å². The van der Waals surface area contributed by atoms with E-state index in [4.69, 9.17) is 23.2 Å². The van der Waals surface area contributed by atoms with Crippen molar-refractivity contribution < 1.29 is 17.6 Å². The van der Waals surface area contributed by atoms with E-state index in [1.807, 2.05) is 6.92 Å². The molecule has 1 amide bonds. The Hall–Kier alpha value is -1.67. The number of carbonyl (C=O) groups is 1. The second-order valence-electron chi connectivity index (χ2n) is 6.22. The first kappa shape index (κ1) is 25.4. The van der Waals surface area contributed by atoms with Crippen molar-refractivity contribution in [3.8, 4) is 0 Å². The third kappa shape index (κ3) is 7.59. The minimum absolute atomic E-state index is 0.00512. The number of carbonyl (C=O) groups excluding carboxylic acids is 1. The van der Waals surface area contributed by atoms with Crippen LogP contribution in [0.2, 0.25) is 5.02 Å². The number of amides is 1. The van der Waals surface area contributed by atoms with Crippen molar-refractivity contribution in [2.75, 3.05) is 12.9 Å². The molecule has 0 saturated heterocycles. The van der Waals surface area contributed by atoms with Gasteiger partial charge >= 0.3 is 0 Å². The number of halogens is 3. The number of nitrogens with zero attached hydrogens (tertiary/aromatic N) is 1. The summed E-state index contributed by atoms with van der Waals surface area (Å²) < 4.78 is 39.1. The molecule has 2 aromatic carbocycles. The minimum atomic E-state index is -3.95. The summed E-state index contributed by atoms with van der Waals surface area (Å²) >= 11 is 11.2. The van der Waals surface area contributed by atoms with Gasteiger partial charge in [-0.2, -0.15) is 0 Å². The number of hydrogen-bond donors (Lipinski definition) is 1. The SMILES string of the molecule is CCCCCCl.Cc1ccc(S(=O)(=O)N(C)NC(=O)c2c(F)cccc2Cl)cc1. The standard InChI is InChI=1S/C15H14ClFN2O3S.C5H11Cl/c1-10-6-8-11(9-7-10)23(21,22)19(2)18-15(20)14-12(16)4-3-5-13(14)17;1-2-3-4-5-6/h3-9H,1-2H3,(H,18,20);2-5H2,1H3. The Labute approximate surface area is 181 Å². The normalized spacial score (nSPS) is 11.0. The van der Waals surface area contributed by atoms with E-state index >= 15 is 0 Å². The zero-order valence-corrected chi connectivity index (χ0v) is 18.9. The Bertz CT molecular complexity index is 882. The molecule has 0 spiro atoms. The average Bonchev–Trinajstić information content (AvgIpc) is 2.67. The summed E-state index contributed by atoms with van der Waals surface area (Å²) in [5.74, 6) is -0.962. The van der Waals surface area contributed by atoms with Crippen LogP contribution in [-0.2, 0) is 10.0 Å². The van der Waals surface area contributed by atoms with Crippen LogP contribution in [0.3, 0.4) is 0 Å². The van der Waals surface area contributed by atoms with Crippen LogP contribution < -0.4 is 5.43 Å². The van der Waals surface area contributed by atoms with Crippen LogP contribution in [0.4, 0.5) is 4.39 Å². The molecule has 5 nitrogen and oxygen atoms in total. The molecule has 0 aliphatic carbocycles. The molecule has 0 atom stereocenters. The molecule has 0 heterocycles. The lowest BCUT2D eigenvalue weighted by Gasteiger charge is -2.18. The van der Waals surface area contributed by atoms with Crippen LogP contribution in [0.25, 0.3) is 0 Å². The van der Waals surface area contributed by atoms with E-state index in [9.17, 15) is 17.6 Å². The Morgan fingerprint density at radius 2 is 1.76 bits per heavy atom. The van der Waals surface area contributed by atoms with E-state index in [1.54, 1.807) is 12.1 Å². The molecule has 160 valence electrons. The number of alkyl halides is 1. The van der Waals surface area contributed by atoms with Gasteiger partial charge in [-0.1, -0.05) is 55.1 Å². The molecule has 0 bridgehead atoms. The fraction of sp³-hybridized carbons (Fsp3) is 0.350. The summed E-state index contributed by atoms with van der Waals surface area (Å²) in [5, 5.41) is -0.108. The largest absolute Gasteiger partial charge is 0.271 e. The maximum Gasteiger partial charge on any atom is 0.270 e. The van der Waals surface area contributed by atoms with Gasteiger partial charge in [-0.15, -0.1) is 16.0 Å². The second kappa shape index (κ2) is 12.1. The number of hydrogen-bond acceptors (Lipinski definition) is 3. The number of aryl methyl sites for hydroxylation is 1. The van der Waals surface area contributed by atoms with Crippen molar-refractivity contribution in [3.63, 3.8) is 0 Å². The van der Waals surface area contributed by atoms with Crippen molar-refractivity contribution >= 4 is 39.1 Å². The van der Waals surface area contributed by atoms with Crippen molar-refractivity contribution in [1.82, 2.24) is 9.84 Å². The van der Waals surface area contributed by atoms with Gasteiger partial charge in [0, 0.05) is 12.9 Å². The highest BCUT2D eigenvalue weighted by atomic mass is 35.5. The monoisotopic (exact) mass is 462 g/mol. The van der Waals surface area contributed by atoms with E-state index in [-0.39, 0.29) is 9.92 Å². The van der Waals surface area contributed by atoms with Gasteiger partial charge in [-0.25, -0.2) is 12.8 Å². The number of nitrogens with one attached hydrogen (secondary N) is 1. The van der Waals surface area contributed by atoms with Crippen LogP contribution in [0.5, 0.6) is 0 Å². The van der Waals surface area contributed by atoms with Gasteiger partial charge < -0.3 is 0 Å².